The van der Waals surface area contributed by atoms with E-state index in [1.165, 1.54) is 11.1 Å². The van der Waals surface area contributed by atoms with E-state index < -0.39 is 0 Å². The molecule has 1 aliphatic heterocycles. The number of nitrogens with zero attached hydrogens (tertiary/aromatic N) is 3. The first kappa shape index (κ1) is 15.5. The molecule has 0 N–H and O–H groups in total. The van der Waals surface area contributed by atoms with E-state index in [1.807, 2.05) is 28.8 Å². The van der Waals surface area contributed by atoms with Crippen molar-refractivity contribution in [1.82, 2.24) is 9.47 Å². The third-order valence-electron chi connectivity index (χ3n) is 3.44. The largest absolute Gasteiger partial charge is 1.00 e. The Bertz CT molecular complexity index is 641. The van der Waals surface area contributed by atoms with Crippen molar-refractivity contribution in [2.75, 3.05) is 6.54 Å². The third kappa shape index (κ3) is 3.06. The Hall–Kier alpha value is -0.890. The third-order valence-corrected chi connectivity index (χ3v) is 3.93. The quantitative estimate of drug-likeness (QED) is 0.380. The van der Waals surface area contributed by atoms with Gasteiger partial charge in [0.25, 0.3) is 6.33 Å². The monoisotopic (exact) mass is 447 g/mol. The minimum atomic E-state index is 0. The van der Waals surface area contributed by atoms with Crippen LogP contribution in [0, 0.1) is 0 Å². The van der Waals surface area contributed by atoms with E-state index in [2.05, 4.69) is 28.1 Å². The lowest BCUT2D eigenvalue weighted by Crippen LogP contribution is -3.00. The molecule has 20 heavy (non-hydrogen) atoms. The summed E-state index contributed by atoms with van der Waals surface area (Å²) in [5, 5.41) is 0. The maximum atomic E-state index is 12.4. The molecule has 1 aromatic carbocycles. The Morgan fingerprint density at radius 2 is 2.15 bits per heavy atom. The van der Waals surface area contributed by atoms with Crippen LogP contribution in [-0.2, 0) is 20.0 Å². The Kier molecular flexibility index (Phi) is 4.85. The summed E-state index contributed by atoms with van der Waals surface area (Å²) >= 11 is 3.49. The second-order valence-corrected chi connectivity index (χ2v) is 5.77. The summed E-state index contributed by atoms with van der Waals surface area (Å²) in [5.74, 6) is 0. The van der Waals surface area contributed by atoms with Gasteiger partial charge in [-0.15, -0.1) is 0 Å². The molecule has 0 atom stereocenters. The van der Waals surface area contributed by atoms with Crippen LogP contribution in [0.1, 0.15) is 11.1 Å². The number of halogens is 2. The summed E-state index contributed by atoms with van der Waals surface area (Å²) < 4.78 is 4.60. The van der Waals surface area contributed by atoms with E-state index >= 15 is 0 Å². The fraction of sp³-hybridized carbons (Fsp3) is 0.286. The zero-order chi connectivity index (χ0) is 13.4. The van der Waals surface area contributed by atoms with Crippen LogP contribution in [0.2, 0.25) is 0 Å². The summed E-state index contributed by atoms with van der Waals surface area (Å²) in [7, 11) is 1.91. The standard InChI is InChI=1S/C14H15BrN3O.HI/c1-16-6-7-18(10-16)14(19)17-5-4-11-8-13(15)3-2-12(11)9-17;/h2-3,6-8,10H,4-5,9H2,1H3;1H/q+1;/p-1. The number of imidazole rings is 1. The number of fused-ring (bicyclic) bond motifs is 1. The summed E-state index contributed by atoms with van der Waals surface area (Å²) in [4.78, 5) is 14.2. The lowest BCUT2D eigenvalue weighted by atomic mass is 10.0. The molecular weight excluding hydrogens is 433 g/mol. The van der Waals surface area contributed by atoms with Crippen LogP contribution >= 0.6 is 15.9 Å². The van der Waals surface area contributed by atoms with Crippen LogP contribution in [0.4, 0.5) is 4.79 Å². The number of hydrogen-bond donors (Lipinski definition) is 0. The van der Waals surface area contributed by atoms with E-state index in [0.717, 1.165) is 17.4 Å². The molecule has 0 saturated carbocycles. The van der Waals surface area contributed by atoms with Crippen molar-refractivity contribution >= 4 is 22.0 Å². The molecule has 2 aromatic rings. The molecule has 3 rings (SSSR count). The molecule has 6 heteroatoms. The summed E-state index contributed by atoms with van der Waals surface area (Å²) in [6.07, 6.45) is 6.36. The smallest absolute Gasteiger partial charge is 0.416 e. The van der Waals surface area contributed by atoms with Gasteiger partial charge in [-0.3, -0.25) is 4.90 Å². The van der Waals surface area contributed by atoms with Crippen molar-refractivity contribution in [3.63, 3.8) is 0 Å². The van der Waals surface area contributed by atoms with Gasteiger partial charge >= 0.3 is 6.03 Å². The van der Waals surface area contributed by atoms with Crippen LogP contribution in [0.25, 0.3) is 0 Å². The van der Waals surface area contributed by atoms with Crippen molar-refractivity contribution in [1.29, 1.82) is 0 Å². The maximum absolute atomic E-state index is 12.4. The van der Waals surface area contributed by atoms with Crippen LogP contribution in [0.3, 0.4) is 0 Å². The number of aromatic nitrogens is 2. The van der Waals surface area contributed by atoms with Gasteiger partial charge in [-0.1, -0.05) is 22.0 Å². The van der Waals surface area contributed by atoms with Gasteiger partial charge in [-0.05, 0) is 29.7 Å². The Labute approximate surface area is 143 Å². The Morgan fingerprint density at radius 3 is 2.85 bits per heavy atom. The highest BCUT2D eigenvalue weighted by molar-refractivity contribution is 9.10. The predicted octanol–water partition coefficient (Wildman–Crippen LogP) is -0.894. The number of rotatable bonds is 0. The zero-order valence-electron chi connectivity index (χ0n) is 11.1. The summed E-state index contributed by atoms with van der Waals surface area (Å²) in [5.41, 5.74) is 2.57. The van der Waals surface area contributed by atoms with E-state index in [-0.39, 0.29) is 30.0 Å². The molecule has 0 radical (unpaired) electrons. The van der Waals surface area contributed by atoms with Crippen LogP contribution in [0.15, 0.2) is 41.4 Å². The Morgan fingerprint density at radius 1 is 1.35 bits per heavy atom. The van der Waals surface area contributed by atoms with Gasteiger partial charge in [0.05, 0.1) is 7.05 Å². The minimum Gasteiger partial charge on any atom is -1.00 e. The topological polar surface area (TPSA) is 29.1 Å². The molecule has 106 valence electrons. The lowest BCUT2D eigenvalue weighted by Gasteiger charge is -2.26. The predicted molar refractivity (Wildman–Crippen MR) is 74.7 cm³/mol. The normalized spacial score (nSPS) is 13.6. The molecule has 1 amide bonds. The molecule has 0 saturated heterocycles. The van der Waals surface area contributed by atoms with Crippen LogP contribution < -0.4 is 28.5 Å². The highest BCUT2D eigenvalue weighted by atomic mass is 127. The first-order chi connectivity index (χ1) is 9.13. The summed E-state index contributed by atoms with van der Waals surface area (Å²) in [6, 6.07) is 6.30. The molecule has 1 aliphatic rings. The molecule has 0 spiro atoms. The van der Waals surface area contributed by atoms with Gasteiger partial charge in [-0.25, -0.2) is 9.36 Å². The zero-order valence-corrected chi connectivity index (χ0v) is 14.8. The molecule has 0 unspecified atom stereocenters. The van der Waals surface area contributed by atoms with E-state index in [4.69, 9.17) is 0 Å². The first-order valence-electron chi connectivity index (χ1n) is 6.23. The molecule has 0 aliphatic carbocycles. The Balaban J connectivity index is 0.00000147. The highest BCUT2D eigenvalue weighted by Gasteiger charge is 2.25. The van der Waals surface area contributed by atoms with Crippen molar-refractivity contribution in [3.05, 3.63) is 52.5 Å². The van der Waals surface area contributed by atoms with Gasteiger partial charge in [0, 0.05) is 17.6 Å². The number of aryl methyl sites for hydroxylation is 1. The van der Waals surface area contributed by atoms with Gasteiger partial charge in [-0.2, -0.15) is 4.57 Å². The van der Waals surface area contributed by atoms with Crippen molar-refractivity contribution in [3.8, 4) is 0 Å². The molecule has 2 heterocycles. The van der Waals surface area contributed by atoms with Crippen molar-refractivity contribution in [2.24, 2.45) is 7.05 Å². The number of carbonyl (C=O) groups excluding carboxylic acids is 1. The van der Waals surface area contributed by atoms with Gasteiger partial charge in [0.15, 0.2) is 0 Å². The highest BCUT2D eigenvalue weighted by Crippen LogP contribution is 2.23. The number of amides is 1. The molecule has 4 nitrogen and oxygen atoms in total. The SMILES string of the molecule is C[n+]1ccn(C(=O)N2CCc3cc(Br)ccc3C2)c1.[I-]. The molecule has 0 bridgehead atoms. The number of benzene rings is 1. The fourth-order valence-corrected chi connectivity index (χ4v) is 2.82. The number of carbonyl (C=O) groups is 1. The summed E-state index contributed by atoms with van der Waals surface area (Å²) in [6.45, 7) is 1.45. The minimum absolute atomic E-state index is 0. The number of hydrogen-bond acceptors (Lipinski definition) is 1. The van der Waals surface area contributed by atoms with Crippen LogP contribution in [0.5, 0.6) is 0 Å². The maximum Gasteiger partial charge on any atom is 0.416 e. The van der Waals surface area contributed by atoms with Gasteiger partial charge < -0.3 is 24.0 Å². The first-order valence-corrected chi connectivity index (χ1v) is 7.02. The van der Waals surface area contributed by atoms with Gasteiger partial charge in [0.2, 0.25) is 0 Å². The van der Waals surface area contributed by atoms with E-state index in [1.54, 1.807) is 17.1 Å². The fourth-order valence-electron chi connectivity index (χ4n) is 2.41. The lowest BCUT2D eigenvalue weighted by molar-refractivity contribution is -0.670. The molecule has 0 fully saturated rings. The molecule has 1 aromatic heterocycles. The average Bonchev–Trinajstić information content (AvgIpc) is 2.84. The average molecular weight is 448 g/mol. The molecular formula is C14H15BrIN3O. The second kappa shape index (κ2) is 6.26. The van der Waals surface area contributed by atoms with E-state index in [9.17, 15) is 4.79 Å². The van der Waals surface area contributed by atoms with Crippen molar-refractivity contribution < 1.29 is 33.3 Å². The van der Waals surface area contributed by atoms with Crippen LogP contribution in [-0.4, -0.2) is 22.0 Å². The van der Waals surface area contributed by atoms with Gasteiger partial charge in [0.1, 0.15) is 12.4 Å². The van der Waals surface area contributed by atoms with E-state index in [0.29, 0.717) is 6.54 Å². The second-order valence-electron chi connectivity index (χ2n) is 4.85. The van der Waals surface area contributed by atoms with Crippen molar-refractivity contribution in [2.45, 2.75) is 13.0 Å².